The Morgan fingerprint density at radius 3 is 1.19 bits per heavy atom. The molecule has 0 aromatic rings. The molecule has 5 rings (SSSR count). The SMILES string of the molecule is CC(C)[C@@H]1OC(=O)/C=C/C=C/C=C/C=C/C=C/C=C/C[C@@H]2C[C@@H](C[C@H]3C[C@@H](C[C@@H]4C[C@@H](C[C@@H]5C[C@H](C[C@@H](O)CC[C@@H]1C)OC(C)(C)O5)OC(C)(C)O4)OC(C)(C)O3)OC(C)(C)O2. The van der Waals surface area contributed by atoms with Crippen LogP contribution in [0.2, 0.25) is 0 Å². The Balaban J connectivity index is 1.30. The van der Waals surface area contributed by atoms with Gasteiger partial charge in [-0.15, -0.1) is 0 Å². The van der Waals surface area contributed by atoms with Gasteiger partial charge in [-0.1, -0.05) is 87.6 Å². The zero-order chi connectivity index (χ0) is 45.1. The highest BCUT2D eigenvalue weighted by atomic mass is 16.7. The second-order valence-corrected chi connectivity index (χ2v) is 20.3. The van der Waals surface area contributed by atoms with Gasteiger partial charge in [0.25, 0.3) is 0 Å². The molecule has 8 bridgehead atoms. The first kappa shape index (κ1) is 50.5. The lowest BCUT2D eigenvalue weighted by atomic mass is 9.88. The van der Waals surface area contributed by atoms with Crippen LogP contribution in [0.25, 0.3) is 0 Å². The van der Waals surface area contributed by atoms with Gasteiger partial charge in [-0.05, 0) is 92.9 Å². The molecular formula is C51H80O11. The fraction of sp³-hybridized carbons (Fsp3) is 0.745. The van der Waals surface area contributed by atoms with E-state index in [0.717, 1.165) is 32.1 Å². The highest BCUT2D eigenvalue weighted by molar-refractivity contribution is 5.82. The molecule has 4 saturated heterocycles. The molecule has 0 spiro atoms. The van der Waals surface area contributed by atoms with Gasteiger partial charge >= 0.3 is 5.97 Å². The molecule has 0 aromatic carbocycles. The summed E-state index contributed by atoms with van der Waals surface area (Å²) in [5, 5.41) is 11.3. The molecule has 350 valence electrons. The average Bonchev–Trinajstić information content (AvgIpc) is 3.11. The first-order chi connectivity index (χ1) is 29.1. The monoisotopic (exact) mass is 869 g/mol. The van der Waals surface area contributed by atoms with E-state index in [1.165, 1.54) is 6.08 Å². The molecule has 5 aliphatic rings. The fourth-order valence-electron chi connectivity index (χ4n) is 9.99. The van der Waals surface area contributed by atoms with Gasteiger partial charge in [0.15, 0.2) is 23.1 Å². The molecule has 0 aromatic heterocycles. The van der Waals surface area contributed by atoms with Crippen LogP contribution in [0, 0.1) is 11.8 Å². The lowest BCUT2D eigenvalue weighted by Gasteiger charge is -2.47. The highest BCUT2D eigenvalue weighted by Crippen LogP contribution is 2.40. The summed E-state index contributed by atoms with van der Waals surface area (Å²) in [7, 11) is 0. The predicted molar refractivity (Wildman–Crippen MR) is 241 cm³/mol. The minimum absolute atomic E-state index is 0.0193. The zero-order valence-corrected chi connectivity index (χ0v) is 39.7. The summed E-state index contributed by atoms with van der Waals surface area (Å²) < 4.78 is 57.8. The number of aliphatic hydroxyl groups excluding tert-OH is 1. The van der Waals surface area contributed by atoms with Crippen molar-refractivity contribution in [2.75, 3.05) is 0 Å². The van der Waals surface area contributed by atoms with Gasteiger partial charge in [-0.3, -0.25) is 0 Å². The number of allylic oxidation sites excluding steroid dienone is 10. The summed E-state index contributed by atoms with van der Waals surface area (Å²) in [5.41, 5.74) is 0. The number of rotatable bonds is 1. The van der Waals surface area contributed by atoms with Crippen LogP contribution in [0.4, 0.5) is 0 Å². The van der Waals surface area contributed by atoms with E-state index < -0.39 is 29.3 Å². The number of carbonyl (C=O) groups is 1. The Morgan fingerprint density at radius 2 is 0.806 bits per heavy atom. The van der Waals surface area contributed by atoms with Crippen LogP contribution in [-0.4, -0.2) is 95.3 Å². The van der Waals surface area contributed by atoms with Crippen molar-refractivity contribution in [1.82, 2.24) is 0 Å². The van der Waals surface area contributed by atoms with Gasteiger partial charge in [0, 0.05) is 51.0 Å². The minimum Gasteiger partial charge on any atom is -0.459 e. The average molecular weight is 869 g/mol. The van der Waals surface area contributed by atoms with E-state index in [1.54, 1.807) is 12.2 Å². The number of hydrogen-bond donors (Lipinski definition) is 1. The van der Waals surface area contributed by atoms with Crippen LogP contribution in [0.15, 0.2) is 72.9 Å². The van der Waals surface area contributed by atoms with Crippen LogP contribution in [0.5, 0.6) is 0 Å². The maximum absolute atomic E-state index is 12.8. The van der Waals surface area contributed by atoms with E-state index in [2.05, 4.69) is 32.9 Å². The van der Waals surface area contributed by atoms with Crippen molar-refractivity contribution in [2.45, 2.75) is 231 Å². The van der Waals surface area contributed by atoms with Gasteiger partial charge in [0.2, 0.25) is 0 Å². The van der Waals surface area contributed by atoms with Crippen LogP contribution < -0.4 is 0 Å². The smallest absolute Gasteiger partial charge is 0.331 e. The zero-order valence-electron chi connectivity index (χ0n) is 39.7. The van der Waals surface area contributed by atoms with Crippen molar-refractivity contribution in [2.24, 2.45) is 11.8 Å². The Labute approximate surface area is 373 Å². The van der Waals surface area contributed by atoms with Gasteiger partial charge in [-0.2, -0.15) is 0 Å². The largest absolute Gasteiger partial charge is 0.459 e. The summed E-state index contributed by atoms with van der Waals surface area (Å²) in [6.45, 7) is 22.0. The van der Waals surface area contributed by atoms with E-state index in [9.17, 15) is 9.90 Å². The lowest BCUT2D eigenvalue weighted by Crippen LogP contribution is -2.52. The van der Waals surface area contributed by atoms with Gasteiger partial charge in [-0.25, -0.2) is 4.79 Å². The van der Waals surface area contributed by atoms with Crippen molar-refractivity contribution in [3.05, 3.63) is 72.9 Å². The number of cyclic esters (lactones) is 1. The molecule has 0 saturated carbocycles. The Morgan fingerprint density at radius 1 is 0.484 bits per heavy atom. The van der Waals surface area contributed by atoms with Gasteiger partial charge < -0.3 is 47.7 Å². The second kappa shape index (κ2) is 22.6. The Hall–Kier alpha value is -2.45. The molecule has 4 fully saturated rings. The molecule has 11 nitrogen and oxygen atoms in total. The van der Waals surface area contributed by atoms with Crippen LogP contribution >= 0.6 is 0 Å². The van der Waals surface area contributed by atoms with Gasteiger partial charge in [0.05, 0.1) is 54.9 Å². The number of ether oxygens (including phenoxy) is 9. The lowest BCUT2D eigenvalue weighted by molar-refractivity contribution is -0.339. The van der Waals surface area contributed by atoms with E-state index in [-0.39, 0.29) is 72.7 Å². The third-order valence-corrected chi connectivity index (χ3v) is 12.0. The Bertz CT molecular complexity index is 1590. The van der Waals surface area contributed by atoms with E-state index in [0.29, 0.717) is 38.5 Å². The topological polar surface area (TPSA) is 120 Å². The van der Waals surface area contributed by atoms with Crippen LogP contribution in [0.3, 0.4) is 0 Å². The summed E-state index contributed by atoms with van der Waals surface area (Å²) >= 11 is 0. The van der Waals surface area contributed by atoms with Crippen molar-refractivity contribution in [3.8, 4) is 0 Å². The maximum Gasteiger partial charge on any atom is 0.331 e. The normalized spacial score (nSPS) is 40.8. The highest BCUT2D eigenvalue weighted by Gasteiger charge is 2.45. The van der Waals surface area contributed by atoms with Crippen molar-refractivity contribution in [3.63, 3.8) is 0 Å². The molecule has 0 radical (unpaired) electrons. The molecule has 0 amide bonds. The molecule has 1 N–H and O–H groups in total. The summed E-state index contributed by atoms with van der Waals surface area (Å²) in [6.07, 6.45) is 29.0. The quantitative estimate of drug-likeness (QED) is 0.254. The number of carbonyl (C=O) groups excluding carboxylic acids is 1. The van der Waals surface area contributed by atoms with Crippen LogP contribution in [-0.2, 0) is 47.4 Å². The number of hydrogen-bond acceptors (Lipinski definition) is 11. The third kappa shape index (κ3) is 17.5. The summed E-state index contributed by atoms with van der Waals surface area (Å²) in [4.78, 5) is 12.8. The molecule has 5 aliphatic heterocycles. The predicted octanol–water partition coefficient (Wildman–Crippen LogP) is 10.3. The molecule has 62 heavy (non-hydrogen) atoms. The molecule has 11 heteroatoms. The van der Waals surface area contributed by atoms with Gasteiger partial charge in [0.1, 0.15) is 6.10 Å². The summed E-state index contributed by atoms with van der Waals surface area (Å²) in [6, 6.07) is 0. The first-order valence-electron chi connectivity index (χ1n) is 23.4. The maximum atomic E-state index is 12.8. The molecule has 5 heterocycles. The molecule has 11 atom stereocenters. The van der Waals surface area contributed by atoms with E-state index >= 15 is 0 Å². The minimum atomic E-state index is -0.810. The van der Waals surface area contributed by atoms with Crippen molar-refractivity contribution in [1.29, 1.82) is 0 Å². The van der Waals surface area contributed by atoms with E-state index in [1.807, 2.05) is 97.9 Å². The van der Waals surface area contributed by atoms with Crippen molar-refractivity contribution < 1.29 is 52.5 Å². The second-order valence-electron chi connectivity index (χ2n) is 20.3. The number of fused-ring (bicyclic) bond motifs is 8. The molecule has 0 unspecified atom stereocenters. The molecular weight excluding hydrogens is 789 g/mol. The summed E-state index contributed by atoms with van der Waals surface area (Å²) in [5.74, 6) is -3.23. The van der Waals surface area contributed by atoms with Crippen molar-refractivity contribution >= 4 is 5.97 Å². The first-order valence-corrected chi connectivity index (χ1v) is 23.4. The third-order valence-electron chi connectivity index (χ3n) is 12.0. The van der Waals surface area contributed by atoms with Crippen LogP contribution in [0.1, 0.15) is 147 Å². The van der Waals surface area contributed by atoms with E-state index in [4.69, 9.17) is 42.6 Å². The Kier molecular flexibility index (Phi) is 18.5. The molecule has 0 aliphatic carbocycles. The number of esters is 1. The fourth-order valence-corrected chi connectivity index (χ4v) is 9.99. The number of aliphatic hydroxyl groups is 1. The standard InChI is InChI=1S/C51H80O11/c1-35(2)47-36(3)25-26-37(52)27-39-29-41(58-49(6,7)56-39)31-43-33-45(62-51(10,11)60-43)34-44-32-42(59-50(8,9)61-44)30-40-28-38(55-48(4,5)57-40)23-21-19-17-15-13-12-14-16-18-20-22-24-46(53)54-47/h12-22,24,35-45,47,52H,23,25-34H2,1-11H3/b13-12+,16-14+,17-15+,20-18+,21-19+,24-22+/t36-,37-,38+,39-,40-,41-,42-,43+,44-,45-,47-/m0/s1.